The lowest BCUT2D eigenvalue weighted by Crippen LogP contribution is -2.41. The molecular formula is C18H17F3N2O5. The molecule has 0 saturated carbocycles. The highest BCUT2D eigenvalue weighted by molar-refractivity contribution is 5.99. The predicted octanol–water partition coefficient (Wildman–Crippen LogP) is 2.81. The molecule has 0 fully saturated rings. The molecule has 2 amide bonds. The van der Waals surface area contributed by atoms with Crippen molar-refractivity contribution in [1.29, 1.82) is 0 Å². The number of rotatable bonds is 5. The number of amides is 2. The fourth-order valence-corrected chi connectivity index (χ4v) is 2.31. The molecule has 0 unspecified atom stereocenters. The number of carbonyl (C=O) groups is 2. The van der Waals surface area contributed by atoms with Gasteiger partial charge in [0.15, 0.2) is 11.5 Å². The highest BCUT2D eigenvalue weighted by Gasteiger charge is 2.31. The van der Waals surface area contributed by atoms with Crippen molar-refractivity contribution in [3.05, 3.63) is 53.1 Å². The largest absolute Gasteiger partial charge is 0.493 e. The van der Waals surface area contributed by atoms with Crippen molar-refractivity contribution < 1.29 is 37.0 Å². The molecule has 0 heterocycles. The van der Waals surface area contributed by atoms with Gasteiger partial charge in [-0.2, -0.15) is 13.2 Å². The fraction of sp³-hybridized carbons (Fsp3) is 0.222. The monoisotopic (exact) mass is 398 g/mol. The van der Waals surface area contributed by atoms with E-state index >= 15 is 0 Å². The molecule has 2 aromatic carbocycles. The minimum atomic E-state index is -4.59. The number of halogens is 3. The topological polar surface area (TPSA) is 85.9 Å². The summed E-state index contributed by atoms with van der Waals surface area (Å²) in [5.41, 5.74) is 3.01. The van der Waals surface area contributed by atoms with Crippen molar-refractivity contribution in [3.63, 3.8) is 0 Å². The third-order valence-corrected chi connectivity index (χ3v) is 3.67. The van der Waals surface area contributed by atoms with Crippen LogP contribution in [0.25, 0.3) is 0 Å². The second-order valence-electron chi connectivity index (χ2n) is 5.40. The number of alkyl halides is 3. The van der Waals surface area contributed by atoms with Gasteiger partial charge in [-0.1, -0.05) is 6.07 Å². The van der Waals surface area contributed by atoms with Crippen molar-refractivity contribution in [2.24, 2.45) is 0 Å². The van der Waals surface area contributed by atoms with Crippen LogP contribution in [0.5, 0.6) is 17.2 Å². The maximum atomic E-state index is 12.7. The Hall–Kier alpha value is -3.43. The van der Waals surface area contributed by atoms with E-state index in [1.807, 2.05) is 0 Å². The molecule has 0 aromatic heterocycles. The molecule has 0 bridgehead atoms. The van der Waals surface area contributed by atoms with Gasteiger partial charge in [0.25, 0.3) is 11.8 Å². The van der Waals surface area contributed by atoms with Gasteiger partial charge >= 0.3 is 6.18 Å². The van der Waals surface area contributed by atoms with Gasteiger partial charge in [-0.3, -0.25) is 20.4 Å². The van der Waals surface area contributed by atoms with E-state index in [2.05, 4.69) is 10.9 Å². The van der Waals surface area contributed by atoms with Crippen molar-refractivity contribution in [1.82, 2.24) is 10.9 Å². The van der Waals surface area contributed by atoms with Crippen molar-refractivity contribution >= 4 is 11.8 Å². The zero-order chi connectivity index (χ0) is 20.9. The van der Waals surface area contributed by atoms with Crippen LogP contribution in [-0.2, 0) is 6.18 Å². The summed E-state index contributed by atoms with van der Waals surface area (Å²) in [5, 5.41) is 0. The van der Waals surface area contributed by atoms with Gasteiger partial charge in [0.05, 0.1) is 26.9 Å². The number of ether oxygens (including phenoxy) is 3. The first kappa shape index (κ1) is 20.9. The summed E-state index contributed by atoms with van der Waals surface area (Å²) in [4.78, 5) is 24.3. The van der Waals surface area contributed by atoms with Gasteiger partial charge < -0.3 is 14.2 Å². The molecule has 2 N–H and O–H groups in total. The van der Waals surface area contributed by atoms with Crippen LogP contribution in [0.3, 0.4) is 0 Å². The lowest BCUT2D eigenvalue weighted by atomic mass is 10.1. The van der Waals surface area contributed by atoms with Gasteiger partial charge in [0.1, 0.15) is 0 Å². The van der Waals surface area contributed by atoms with Crippen LogP contribution >= 0.6 is 0 Å². The molecule has 2 aromatic rings. The summed E-state index contributed by atoms with van der Waals surface area (Å²) < 4.78 is 53.6. The molecule has 0 radical (unpaired) electrons. The van der Waals surface area contributed by atoms with Gasteiger partial charge in [0.2, 0.25) is 5.75 Å². The van der Waals surface area contributed by atoms with Crippen LogP contribution in [0.2, 0.25) is 0 Å². The number of methoxy groups -OCH3 is 3. The summed E-state index contributed by atoms with van der Waals surface area (Å²) in [6, 6.07) is 6.52. The number of carbonyl (C=O) groups excluding carboxylic acids is 2. The number of hydrogen-bond acceptors (Lipinski definition) is 5. The molecule has 2 rings (SSSR count). The van der Waals surface area contributed by atoms with Gasteiger partial charge in [-0.15, -0.1) is 0 Å². The number of hydrazine groups is 1. The molecule has 28 heavy (non-hydrogen) atoms. The maximum absolute atomic E-state index is 12.7. The molecule has 10 heteroatoms. The van der Waals surface area contributed by atoms with E-state index in [1.165, 1.54) is 39.5 Å². The van der Waals surface area contributed by atoms with Crippen molar-refractivity contribution in [2.45, 2.75) is 6.18 Å². The lowest BCUT2D eigenvalue weighted by Gasteiger charge is -2.14. The van der Waals surface area contributed by atoms with E-state index in [0.717, 1.165) is 12.1 Å². The Morgan fingerprint density at radius 3 is 1.82 bits per heavy atom. The Bertz CT molecular complexity index is 859. The van der Waals surface area contributed by atoms with Gasteiger partial charge in [0, 0.05) is 11.1 Å². The molecule has 0 spiro atoms. The van der Waals surface area contributed by atoms with E-state index in [9.17, 15) is 22.8 Å². The zero-order valence-electron chi connectivity index (χ0n) is 15.1. The summed E-state index contributed by atoms with van der Waals surface area (Å²) in [6.07, 6.45) is -4.59. The second-order valence-corrected chi connectivity index (χ2v) is 5.40. The van der Waals surface area contributed by atoms with Crippen LogP contribution in [0.4, 0.5) is 13.2 Å². The van der Waals surface area contributed by atoms with Crippen LogP contribution in [0.15, 0.2) is 36.4 Å². The molecule has 0 atom stereocenters. The molecule has 0 aliphatic heterocycles. The smallest absolute Gasteiger partial charge is 0.416 e. The van der Waals surface area contributed by atoms with E-state index in [0.29, 0.717) is 6.07 Å². The number of benzene rings is 2. The Morgan fingerprint density at radius 1 is 0.821 bits per heavy atom. The van der Waals surface area contributed by atoms with Crippen LogP contribution in [-0.4, -0.2) is 33.1 Å². The number of hydrogen-bond donors (Lipinski definition) is 2. The lowest BCUT2D eigenvalue weighted by molar-refractivity contribution is -0.137. The van der Waals surface area contributed by atoms with E-state index in [1.54, 1.807) is 0 Å². The van der Waals surface area contributed by atoms with E-state index < -0.39 is 23.6 Å². The fourth-order valence-electron chi connectivity index (χ4n) is 2.31. The highest BCUT2D eigenvalue weighted by atomic mass is 19.4. The molecule has 150 valence electrons. The minimum absolute atomic E-state index is 0.0684. The molecular weight excluding hydrogens is 381 g/mol. The summed E-state index contributed by atoms with van der Waals surface area (Å²) in [6.45, 7) is 0. The zero-order valence-corrected chi connectivity index (χ0v) is 15.1. The van der Waals surface area contributed by atoms with Crippen molar-refractivity contribution in [2.75, 3.05) is 21.3 Å². The van der Waals surface area contributed by atoms with Gasteiger partial charge in [-0.05, 0) is 30.3 Å². The molecule has 0 aliphatic rings. The summed E-state index contributed by atoms with van der Waals surface area (Å²) >= 11 is 0. The van der Waals surface area contributed by atoms with Crippen molar-refractivity contribution in [3.8, 4) is 17.2 Å². The van der Waals surface area contributed by atoms with Crippen LogP contribution < -0.4 is 25.1 Å². The SMILES string of the molecule is COc1cc(C(=O)NNC(=O)c2cccc(C(F)(F)F)c2)cc(OC)c1OC. The number of nitrogens with one attached hydrogen (secondary N) is 2. The Kier molecular flexibility index (Phi) is 6.34. The van der Waals surface area contributed by atoms with E-state index in [-0.39, 0.29) is 28.4 Å². The Morgan fingerprint density at radius 2 is 1.36 bits per heavy atom. The average molecular weight is 398 g/mol. The summed E-state index contributed by atoms with van der Waals surface area (Å²) in [7, 11) is 4.14. The first-order chi connectivity index (χ1) is 13.2. The predicted molar refractivity (Wildman–Crippen MR) is 92.5 cm³/mol. The highest BCUT2D eigenvalue weighted by Crippen LogP contribution is 2.38. The third kappa shape index (κ3) is 4.64. The second kappa shape index (κ2) is 8.51. The van der Waals surface area contributed by atoms with Gasteiger partial charge in [-0.25, -0.2) is 0 Å². The molecule has 7 nitrogen and oxygen atoms in total. The first-order valence-corrected chi connectivity index (χ1v) is 7.79. The maximum Gasteiger partial charge on any atom is 0.416 e. The van der Waals surface area contributed by atoms with E-state index in [4.69, 9.17) is 14.2 Å². The standard InChI is InChI=1S/C18H17F3N2O5/c1-26-13-8-11(9-14(27-2)15(13)28-3)17(25)23-22-16(24)10-5-4-6-12(7-10)18(19,20)21/h4-9H,1-3H3,(H,22,24)(H,23,25). The third-order valence-electron chi connectivity index (χ3n) is 3.67. The Balaban J connectivity index is 2.15. The normalized spacial score (nSPS) is 10.8. The van der Waals surface area contributed by atoms with Crippen LogP contribution in [0, 0.1) is 0 Å². The van der Waals surface area contributed by atoms with Crippen LogP contribution in [0.1, 0.15) is 26.3 Å². The average Bonchev–Trinajstić information content (AvgIpc) is 2.69. The first-order valence-electron chi connectivity index (χ1n) is 7.79. The minimum Gasteiger partial charge on any atom is -0.493 e. The summed E-state index contributed by atoms with van der Waals surface area (Å²) in [5.74, 6) is -0.937. The molecule has 0 saturated heterocycles. The molecule has 0 aliphatic carbocycles. The Labute approximate surface area is 158 Å². The quantitative estimate of drug-likeness (QED) is 0.757.